The normalized spacial score (nSPS) is 12.0. The molecule has 0 aliphatic rings. The summed E-state index contributed by atoms with van der Waals surface area (Å²) in [6, 6.07) is 1.70. The highest BCUT2D eigenvalue weighted by Crippen LogP contribution is 2.31. The van der Waals surface area contributed by atoms with Crippen molar-refractivity contribution in [1.29, 1.82) is 0 Å². The average Bonchev–Trinajstić information content (AvgIpc) is 2.63. The summed E-state index contributed by atoms with van der Waals surface area (Å²) in [4.78, 5) is 20.5. The second-order valence-corrected chi connectivity index (χ2v) is 5.94. The van der Waals surface area contributed by atoms with E-state index < -0.39 is 53.9 Å². The molecule has 1 atom stereocenters. The molecular weight excluding hydrogens is 414 g/mol. The van der Waals surface area contributed by atoms with E-state index in [1.807, 2.05) is 5.48 Å². The molecule has 0 spiro atoms. The Kier molecular flexibility index (Phi) is 7.22. The monoisotopic (exact) mass is 425 g/mol. The molecule has 27 heavy (non-hydrogen) atoms. The zero-order valence-corrected chi connectivity index (χ0v) is 14.8. The Hall–Kier alpha value is -2.11. The zero-order chi connectivity index (χ0) is 20.1. The van der Waals surface area contributed by atoms with E-state index in [4.69, 9.17) is 33.4 Å². The van der Waals surface area contributed by atoms with Crippen LogP contribution in [0.3, 0.4) is 0 Å². The van der Waals surface area contributed by atoms with E-state index in [1.54, 1.807) is 0 Å². The number of carbonyl (C=O) groups is 1. The van der Waals surface area contributed by atoms with Gasteiger partial charge in [0.15, 0.2) is 17.5 Å². The first-order valence-electron chi connectivity index (χ1n) is 7.21. The van der Waals surface area contributed by atoms with Gasteiger partial charge in [0.2, 0.25) is 0 Å². The fourth-order valence-corrected chi connectivity index (χ4v) is 2.26. The molecule has 0 fully saturated rings. The maximum Gasteiger partial charge on any atom is 0.277 e. The fourth-order valence-electron chi connectivity index (χ4n) is 1.83. The number of hydroxylamine groups is 1. The maximum absolute atomic E-state index is 14.2. The average molecular weight is 426 g/mol. The number of benzene rings is 1. The topological polar surface area (TPSA) is 104 Å². The number of hydrogen-bond acceptors (Lipinski definition) is 6. The van der Waals surface area contributed by atoms with Crippen LogP contribution in [0, 0.1) is 17.5 Å². The van der Waals surface area contributed by atoms with Gasteiger partial charge in [-0.1, -0.05) is 23.2 Å². The van der Waals surface area contributed by atoms with Crippen molar-refractivity contribution >= 4 is 40.6 Å². The molecule has 2 rings (SSSR count). The Morgan fingerprint density at radius 2 is 1.96 bits per heavy atom. The SMILES string of the molecule is O=C(NOC[C@H](O)CO)c1cc(F)c(F)c(F)c1Nc1ncc(Cl)cc1Cl. The summed E-state index contributed by atoms with van der Waals surface area (Å²) in [5.41, 5.74) is 0.384. The highest BCUT2D eigenvalue weighted by atomic mass is 35.5. The van der Waals surface area contributed by atoms with Gasteiger partial charge in [-0.15, -0.1) is 0 Å². The van der Waals surface area contributed by atoms with Gasteiger partial charge in [0.25, 0.3) is 5.91 Å². The lowest BCUT2D eigenvalue weighted by atomic mass is 10.1. The molecule has 4 N–H and O–H groups in total. The third kappa shape index (κ3) is 5.21. The molecule has 1 aromatic heterocycles. The van der Waals surface area contributed by atoms with Gasteiger partial charge in [0.05, 0.1) is 27.9 Å². The quantitative estimate of drug-likeness (QED) is 0.401. The van der Waals surface area contributed by atoms with Gasteiger partial charge in [-0.2, -0.15) is 0 Å². The Balaban J connectivity index is 2.34. The van der Waals surface area contributed by atoms with Crippen molar-refractivity contribution in [1.82, 2.24) is 10.5 Å². The number of amides is 1. The van der Waals surface area contributed by atoms with Crippen molar-refractivity contribution in [3.8, 4) is 0 Å². The highest BCUT2D eigenvalue weighted by molar-refractivity contribution is 6.36. The van der Waals surface area contributed by atoms with Crippen LogP contribution in [-0.2, 0) is 4.84 Å². The van der Waals surface area contributed by atoms with Crippen molar-refractivity contribution in [2.24, 2.45) is 0 Å². The summed E-state index contributed by atoms with van der Waals surface area (Å²) in [7, 11) is 0. The van der Waals surface area contributed by atoms with Gasteiger partial charge in [0, 0.05) is 6.20 Å². The predicted octanol–water partition coefficient (Wildman–Crippen LogP) is 2.56. The molecule has 0 bridgehead atoms. The van der Waals surface area contributed by atoms with Crippen molar-refractivity contribution < 1.29 is 33.0 Å². The van der Waals surface area contributed by atoms with E-state index >= 15 is 0 Å². The number of aliphatic hydroxyl groups is 2. The van der Waals surface area contributed by atoms with E-state index in [9.17, 15) is 18.0 Å². The molecule has 7 nitrogen and oxygen atoms in total. The molecule has 12 heteroatoms. The van der Waals surface area contributed by atoms with Crippen LogP contribution < -0.4 is 10.8 Å². The summed E-state index contributed by atoms with van der Waals surface area (Å²) >= 11 is 11.6. The Morgan fingerprint density at radius 3 is 2.59 bits per heavy atom. The molecule has 0 saturated heterocycles. The number of aromatic nitrogens is 1. The second-order valence-electron chi connectivity index (χ2n) is 5.10. The summed E-state index contributed by atoms with van der Waals surface area (Å²) in [6.45, 7) is -1.13. The van der Waals surface area contributed by atoms with Crippen LogP contribution in [0.15, 0.2) is 18.3 Å². The molecule has 1 amide bonds. The number of aliphatic hydroxyl groups excluding tert-OH is 2. The van der Waals surface area contributed by atoms with Gasteiger partial charge in [-0.3, -0.25) is 9.63 Å². The van der Waals surface area contributed by atoms with Crippen LogP contribution in [-0.4, -0.2) is 40.4 Å². The Labute approximate surface area is 160 Å². The van der Waals surface area contributed by atoms with Gasteiger partial charge >= 0.3 is 0 Å². The van der Waals surface area contributed by atoms with Crippen LogP contribution in [0.2, 0.25) is 10.0 Å². The molecule has 0 aliphatic heterocycles. The maximum atomic E-state index is 14.2. The minimum Gasteiger partial charge on any atom is -0.394 e. The van der Waals surface area contributed by atoms with Crippen LogP contribution in [0.1, 0.15) is 10.4 Å². The fraction of sp³-hybridized carbons (Fsp3) is 0.200. The van der Waals surface area contributed by atoms with Crippen LogP contribution in [0.4, 0.5) is 24.7 Å². The van der Waals surface area contributed by atoms with Crippen molar-refractivity contribution in [2.45, 2.75) is 6.10 Å². The number of hydrogen-bond donors (Lipinski definition) is 4. The zero-order valence-electron chi connectivity index (χ0n) is 13.3. The van der Waals surface area contributed by atoms with Crippen molar-refractivity contribution in [3.63, 3.8) is 0 Å². The molecule has 146 valence electrons. The summed E-state index contributed by atoms with van der Waals surface area (Å²) < 4.78 is 41.4. The molecule has 1 heterocycles. The first-order chi connectivity index (χ1) is 12.7. The van der Waals surface area contributed by atoms with Gasteiger partial charge < -0.3 is 15.5 Å². The Morgan fingerprint density at radius 1 is 1.26 bits per heavy atom. The Bertz CT molecular complexity index is 858. The van der Waals surface area contributed by atoms with Crippen LogP contribution >= 0.6 is 23.2 Å². The number of anilines is 2. The van der Waals surface area contributed by atoms with E-state index in [-0.39, 0.29) is 15.9 Å². The highest BCUT2D eigenvalue weighted by Gasteiger charge is 2.24. The molecular formula is C15H12Cl2F3N3O4. The molecule has 0 aliphatic carbocycles. The van der Waals surface area contributed by atoms with Crippen LogP contribution in [0.25, 0.3) is 0 Å². The summed E-state index contributed by atoms with van der Waals surface area (Å²) in [5.74, 6) is -6.46. The smallest absolute Gasteiger partial charge is 0.277 e. The van der Waals surface area contributed by atoms with Gasteiger partial charge in [-0.25, -0.2) is 23.6 Å². The standard InChI is InChI=1S/C15H12Cl2F3N3O4/c16-6-1-9(17)14(21-3-6)22-13-8(2-10(18)11(19)12(13)20)15(26)23-27-5-7(25)4-24/h1-3,7,24-25H,4-5H2,(H,21,22)(H,23,26)/t7-/m1/s1. The number of rotatable bonds is 7. The number of halogens is 5. The molecule has 2 aromatic rings. The summed E-state index contributed by atoms with van der Waals surface area (Å²) in [6.07, 6.45) is -0.131. The van der Waals surface area contributed by atoms with Crippen molar-refractivity contribution in [3.05, 3.63) is 51.4 Å². The third-order valence-electron chi connectivity index (χ3n) is 3.11. The number of pyridine rings is 1. The largest absolute Gasteiger partial charge is 0.394 e. The molecule has 0 radical (unpaired) electrons. The molecule has 0 unspecified atom stereocenters. The minimum atomic E-state index is -1.82. The predicted molar refractivity (Wildman–Crippen MR) is 90.4 cm³/mol. The third-order valence-corrected chi connectivity index (χ3v) is 3.60. The first-order valence-corrected chi connectivity index (χ1v) is 7.96. The number of nitrogens with zero attached hydrogens (tertiary/aromatic N) is 1. The molecule has 1 aromatic carbocycles. The van der Waals surface area contributed by atoms with E-state index in [1.165, 1.54) is 6.07 Å². The van der Waals surface area contributed by atoms with Gasteiger partial charge in [-0.05, 0) is 12.1 Å². The van der Waals surface area contributed by atoms with E-state index in [0.717, 1.165) is 6.20 Å². The lowest BCUT2D eigenvalue weighted by Gasteiger charge is -2.15. The number of carbonyl (C=O) groups excluding carboxylic acids is 1. The summed E-state index contributed by atoms with van der Waals surface area (Å²) in [5, 5.41) is 20.2. The van der Waals surface area contributed by atoms with Crippen LogP contribution in [0.5, 0.6) is 0 Å². The lowest BCUT2D eigenvalue weighted by Crippen LogP contribution is -2.30. The number of nitrogens with one attached hydrogen (secondary N) is 2. The van der Waals surface area contributed by atoms with Gasteiger partial charge in [0.1, 0.15) is 18.5 Å². The lowest BCUT2D eigenvalue weighted by molar-refractivity contribution is -0.0295. The second kappa shape index (κ2) is 9.20. The minimum absolute atomic E-state index is 0.0692. The van der Waals surface area contributed by atoms with Crippen molar-refractivity contribution in [2.75, 3.05) is 18.5 Å². The molecule has 0 saturated carbocycles. The van der Waals surface area contributed by atoms with E-state index in [0.29, 0.717) is 6.07 Å². The van der Waals surface area contributed by atoms with E-state index in [2.05, 4.69) is 15.1 Å². The first kappa shape index (κ1) is 21.2.